The third-order valence-electron chi connectivity index (χ3n) is 5.93. The molecule has 0 bridgehead atoms. The largest absolute Gasteiger partial charge is 0.488 e. The summed E-state index contributed by atoms with van der Waals surface area (Å²) in [4.78, 5) is 21.5. The molecule has 0 radical (unpaired) electrons. The molecule has 4 heterocycles. The number of pyridine rings is 1. The summed E-state index contributed by atoms with van der Waals surface area (Å²) in [6, 6.07) is 12.4. The van der Waals surface area contributed by atoms with Gasteiger partial charge in [0.25, 0.3) is 5.91 Å². The Morgan fingerprint density at radius 1 is 1.24 bits per heavy atom. The second-order valence-electron chi connectivity index (χ2n) is 8.31. The van der Waals surface area contributed by atoms with Crippen molar-refractivity contribution in [3.63, 3.8) is 0 Å². The van der Waals surface area contributed by atoms with Crippen LogP contribution in [-0.4, -0.2) is 44.0 Å². The summed E-state index contributed by atoms with van der Waals surface area (Å²) >= 11 is 0. The quantitative estimate of drug-likeness (QED) is 0.322. The Labute approximate surface area is 196 Å². The summed E-state index contributed by atoms with van der Waals surface area (Å²) in [6.07, 6.45) is 3.49. The van der Waals surface area contributed by atoms with E-state index in [1.165, 1.54) is 0 Å². The van der Waals surface area contributed by atoms with E-state index in [0.29, 0.717) is 47.1 Å². The average Bonchev–Trinajstić information content (AvgIpc) is 3.18. The topological polar surface area (TPSA) is 135 Å². The fraction of sp³-hybridized carbons (Fsp3) is 0.208. The summed E-state index contributed by atoms with van der Waals surface area (Å²) in [5, 5.41) is 22.3. The van der Waals surface area contributed by atoms with Gasteiger partial charge in [0.2, 0.25) is 0 Å². The van der Waals surface area contributed by atoms with Gasteiger partial charge in [0.05, 0.1) is 29.1 Å². The maximum absolute atomic E-state index is 11.9. The summed E-state index contributed by atoms with van der Waals surface area (Å²) in [5.74, 6) is 1.22. The fourth-order valence-corrected chi connectivity index (χ4v) is 4.33. The zero-order valence-electron chi connectivity index (χ0n) is 18.7. The van der Waals surface area contributed by atoms with Crippen LogP contribution >= 0.6 is 0 Å². The number of ether oxygens (including phenoxy) is 1. The van der Waals surface area contributed by atoms with E-state index in [0.717, 1.165) is 35.4 Å². The molecule has 0 spiro atoms. The predicted molar refractivity (Wildman–Crippen MR) is 129 cm³/mol. The molecule has 1 amide bonds. The molecule has 9 nitrogen and oxygen atoms in total. The summed E-state index contributed by atoms with van der Waals surface area (Å²) in [6.45, 7) is 2.95. The number of carbonyl (C=O) groups is 1. The van der Waals surface area contributed by atoms with Gasteiger partial charge in [-0.25, -0.2) is 9.97 Å². The van der Waals surface area contributed by atoms with E-state index in [1.54, 1.807) is 30.3 Å². The predicted octanol–water partition coefficient (Wildman–Crippen LogP) is 1.42. The minimum Gasteiger partial charge on any atom is -0.488 e. The van der Waals surface area contributed by atoms with Crippen LogP contribution < -0.4 is 21.3 Å². The summed E-state index contributed by atoms with van der Waals surface area (Å²) < 4.78 is 7.80. The van der Waals surface area contributed by atoms with E-state index in [9.17, 15) is 14.8 Å². The first-order chi connectivity index (χ1) is 16.4. The lowest BCUT2D eigenvalue weighted by molar-refractivity contribution is 0.100. The van der Waals surface area contributed by atoms with Crippen molar-refractivity contribution < 1.29 is 19.6 Å². The van der Waals surface area contributed by atoms with Gasteiger partial charge >= 0.3 is 7.12 Å². The Bertz CT molecular complexity index is 1400. The molecule has 5 N–H and O–H groups in total. The number of benzene rings is 1. The van der Waals surface area contributed by atoms with E-state index in [-0.39, 0.29) is 0 Å². The van der Waals surface area contributed by atoms with Crippen LogP contribution in [0.25, 0.3) is 17.0 Å². The van der Waals surface area contributed by atoms with Crippen LogP contribution in [0.5, 0.6) is 5.75 Å². The van der Waals surface area contributed by atoms with Crippen molar-refractivity contribution in [1.29, 1.82) is 0 Å². The number of anilines is 1. The number of primary amides is 1. The lowest BCUT2D eigenvalue weighted by Gasteiger charge is -2.21. The van der Waals surface area contributed by atoms with E-state index < -0.39 is 13.0 Å². The second kappa shape index (κ2) is 8.81. The Kier molecular flexibility index (Phi) is 5.68. The number of fused-ring (bicyclic) bond motifs is 2. The molecule has 3 aromatic heterocycles. The fourth-order valence-electron chi connectivity index (χ4n) is 4.33. The zero-order valence-corrected chi connectivity index (χ0v) is 18.7. The molecule has 172 valence electrons. The van der Waals surface area contributed by atoms with Crippen molar-refractivity contribution in [2.75, 3.05) is 11.9 Å². The van der Waals surface area contributed by atoms with Crippen LogP contribution in [-0.2, 0) is 13.0 Å². The Morgan fingerprint density at radius 3 is 2.88 bits per heavy atom. The van der Waals surface area contributed by atoms with Crippen molar-refractivity contribution in [3.8, 4) is 17.3 Å². The first-order valence-electron chi connectivity index (χ1n) is 11.1. The van der Waals surface area contributed by atoms with Crippen molar-refractivity contribution in [3.05, 3.63) is 71.0 Å². The number of rotatable bonds is 6. The number of hydrogen-bond donors (Lipinski definition) is 4. The molecule has 0 atom stereocenters. The molecule has 0 saturated heterocycles. The van der Waals surface area contributed by atoms with Crippen molar-refractivity contribution in [2.45, 2.75) is 26.3 Å². The molecular formula is C24H24BN5O4. The molecule has 1 aliphatic rings. The highest BCUT2D eigenvalue weighted by Gasteiger charge is 2.23. The van der Waals surface area contributed by atoms with Gasteiger partial charge in [-0.2, -0.15) is 0 Å². The first kappa shape index (κ1) is 21.9. The SMILES string of the molecule is Cc1cc2c(C(N)=O)cccn2c1-c1nc2c(c(NCc3cccc(B(O)O)c3)n1)OCCC2. The van der Waals surface area contributed by atoms with Gasteiger partial charge in [-0.3, -0.25) is 4.79 Å². The number of hydrogen-bond acceptors (Lipinski definition) is 7. The molecule has 4 aromatic rings. The van der Waals surface area contributed by atoms with E-state index in [1.807, 2.05) is 29.7 Å². The van der Waals surface area contributed by atoms with Crippen LogP contribution in [0.2, 0.25) is 0 Å². The molecule has 5 rings (SSSR count). The maximum atomic E-state index is 11.9. The Hall–Kier alpha value is -3.89. The van der Waals surface area contributed by atoms with Gasteiger partial charge in [-0.1, -0.05) is 24.3 Å². The van der Waals surface area contributed by atoms with Crippen LogP contribution in [0.1, 0.15) is 33.6 Å². The molecule has 10 heteroatoms. The second-order valence-corrected chi connectivity index (χ2v) is 8.31. The first-order valence-corrected chi connectivity index (χ1v) is 11.1. The normalized spacial score (nSPS) is 12.8. The van der Waals surface area contributed by atoms with Crippen LogP contribution in [0.15, 0.2) is 48.7 Å². The molecule has 0 unspecified atom stereocenters. The van der Waals surface area contributed by atoms with Crippen LogP contribution in [0, 0.1) is 6.92 Å². The van der Waals surface area contributed by atoms with E-state index in [2.05, 4.69) is 5.32 Å². The number of nitrogens with two attached hydrogens (primary N) is 1. The Balaban J connectivity index is 1.57. The highest BCUT2D eigenvalue weighted by Crippen LogP contribution is 2.35. The molecular weight excluding hydrogens is 433 g/mol. The number of aromatic nitrogens is 3. The Morgan fingerprint density at radius 2 is 2.09 bits per heavy atom. The minimum atomic E-state index is -1.53. The molecule has 0 aliphatic carbocycles. The summed E-state index contributed by atoms with van der Waals surface area (Å²) in [7, 11) is -1.53. The maximum Gasteiger partial charge on any atom is 0.488 e. The monoisotopic (exact) mass is 457 g/mol. The van der Waals surface area contributed by atoms with Crippen LogP contribution in [0.4, 0.5) is 5.82 Å². The number of nitrogens with zero attached hydrogens (tertiary/aromatic N) is 3. The zero-order chi connectivity index (χ0) is 23.8. The number of carbonyl (C=O) groups excluding carboxylic acids is 1. The van der Waals surface area contributed by atoms with Crippen molar-refractivity contribution in [2.24, 2.45) is 5.73 Å². The smallest absolute Gasteiger partial charge is 0.488 e. The highest BCUT2D eigenvalue weighted by molar-refractivity contribution is 6.58. The van der Waals surface area contributed by atoms with Gasteiger partial charge in [0, 0.05) is 12.7 Å². The third kappa shape index (κ3) is 3.97. The molecule has 0 fully saturated rings. The average molecular weight is 457 g/mol. The van der Waals surface area contributed by atoms with Gasteiger partial charge < -0.3 is 30.2 Å². The van der Waals surface area contributed by atoms with Crippen molar-refractivity contribution in [1.82, 2.24) is 14.4 Å². The number of amides is 1. The van der Waals surface area contributed by atoms with Gasteiger partial charge in [0.1, 0.15) is 0 Å². The van der Waals surface area contributed by atoms with E-state index in [4.69, 9.17) is 20.4 Å². The van der Waals surface area contributed by atoms with Gasteiger partial charge in [-0.05, 0) is 54.6 Å². The lowest BCUT2D eigenvalue weighted by atomic mass is 9.80. The summed E-state index contributed by atoms with van der Waals surface area (Å²) in [5.41, 5.74) is 10.5. The molecule has 0 saturated carbocycles. The minimum absolute atomic E-state index is 0.409. The third-order valence-corrected chi connectivity index (χ3v) is 5.93. The van der Waals surface area contributed by atoms with Crippen molar-refractivity contribution >= 4 is 29.8 Å². The molecule has 34 heavy (non-hydrogen) atoms. The lowest BCUT2D eigenvalue weighted by Crippen LogP contribution is -2.30. The molecule has 1 aliphatic heterocycles. The van der Waals surface area contributed by atoms with E-state index >= 15 is 0 Å². The van der Waals surface area contributed by atoms with Gasteiger partial charge in [0.15, 0.2) is 17.4 Å². The van der Waals surface area contributed by atoms with Gasteiger partial charge in [-0.15, -0.1) is 0 Å². The number of aryl methyl sites for hydroxylation is 2. The molecule has 1 aromatic carbocycles. The highest BCUT2D eigenvalue weighted by atomic mass is 16.5. The standard InChI is InChI=1S/C24H24BN5O4/c1-14-11-19-17(22(26)31)7-3-9-30(19)20(14)23-28-18-8-4-10-34-21(18)24(29-23)27-13-15-5-2-6-16(12-15)25(32)33/h2-3,5-7,9,11-12,32-33H,4,8,10,13H2,1H3,(H2,26,31)(H,27,28,29). The number of nitrogens with one attached hydrogen (secondary N) is 1. The van der Waals surface area contributed by atoms with Crippen LogP contribution in [0.3, 0.4) is 0 Å².